The van der Waals surface area contributed by atoms with Crippen LogP contribution in [-0.4, -0.2) is 26.2 Å². The Labute approximate surface area is 114 Å². The Morgan fingerprint density at radius 3 is 2.39 bits per heavy atom. The van der Waals surface area contributed by atoms with E-state index in [1.54, 1.807) is 0 Å². The number of rotatable bonds is 6. The lowest BCUT2D eigenvalue weighted by Gasteiger charge is -2.33. The van der Waals surface area contributed by atoms with Crippen LogP contribution < -0.4 is 0 Å². The second-order valence-electron chi connectivity index (χ2n) is 6.23. The molecule has 1 rings (SSSR count). The van der Waals surface area contributed by atoms with Crippen LogP contribution in [0.15, 0.2) is 30.8 Å². The molecule has 1 aromatic carbocycles. The molecule has 0 aromatic heterocycles. The Hall–Kier alpha value is -0.863. The van der Waals surface area contributed by atoms with Gasteiger partial charge in [0.2, 0.25) is 0 Å². The maximum Gasteiger partial charge on any atom is 0.0599 e. The average molecular weight is 261 g/mol. The molecule has 100 valence electrons. The summed E-state index contributed by atoms with van der Waals surface area (Å²) in [7, 11) is 1.20. The highest BCUT2D eigenvalue weighted by molar-refractivity contribution is 6.76. The maximum absolute atomic E-state index is 3.93. The van der Waals surface area contributed by atoms with Gasteiger partial charge in [0.05, 0.1) is 8.07 Å². The Bertz CT molecular complexity index is 392. The normalized spacial score (nSPS) is 13.7. The highest BCUT2D eigenvalue weighted by Crippen LogP contribution is 2.27. The summed E-state index contributed by atoms with van der Waals surface area (Å²) < 4.78 is 0. The Morgan fingerprint density at radius 2 is 1.89 bits per heavy atom. The van der Waals surface area contributed by atoms with Crippen molar-refractivity contribution < 1.29 is 0 Å². The molecule has 0 aliphatic carbocycles. The van der Waals surface area contributed by atoms with Crippen LogP contribution >= 0.6 is 0 Å². The van der Waals surface area contributed by atoms with E-state index in [9.17, 15) is 0 Å². The van der Waals surface area contributed by atoms with Gasteiger partial charge in [-0.2, -0.15) is 0 Å². The number of nitrogens with zero attached hydrogens (tertiary/aromatic N) is 1. The molecular formula is C16H27NSi. The van der Waals surface area contributed by atoms with Crippen molar-refractivity contribution >= 4 is 14.1 Å². The number of benzene rings is 1. The van der Waals surface area contributed by atoms with Gasteiger partial charge in [0, 0.05) is 6.04 Å². The predicted octanol–water partition coefficient (Wildman–Crippen LogP) is 4.59. The summed E-state index contributed by atoms with van der Waals surface area (Å²) in [4.78, 5) is 2.52. The van der Waals surface area contributed by atoms with Crippen molar-refractivity contribution in [1.29, 1.82) is 0 Å². The molecule has 0 fully saturated rings. The summed E-state index contributed by atoms with van der Waals surface area (Å²) in [6.45, 7) is 13.5. The van der Waals surface area contributed by atoms with E-state index < -0.39 is 8.07 Å². The zero-order valence-electron chi connectivity index (χ0n) is 12.5. The number of hydrogen-bond donors (Lipinski definition) is 0. The lowest BCUT2D eigenvalue weighted by molar-refractivity contribution is 0.272. The first-order valence-corrected chi connectivity index (χ1v) is 10.5. The highest BCUT2D eigenvalue weighted by atomic mass is 28.3. The van der Waals surface area contributed by atoms with Gasteiger partial charge in [-0.1, -0.05) is 63.5 Å². The molecular weight excluding hydrogens is 234 g/mol. The van der Waals surface area contributed by atoms with Gasteiger partial charge in [-0.25, -0.2) is 0 Å². The van der Waals surface area contributed by atoms with E-state index in [0.717, 1.165) is 6.42 Å². The minimum atomic E-state index is -1.06. The summed E-state index contributed by atoms with van der Waals surface area (Å²) in [5, 5.41) is 0. The summed E-state index contributed by atoms with van der Waals surface area (Å²) >= 11 is 0. The van der Waals surface area contributed by atoms with Crippen molar-refractivity contribution in [2.24, 2.45) is 0 Å². The molecule has 0 N–H and O–H groups in total. The molecule has 0 heterocycles. The molecule has 1 unspecified atom stereocenters. The van der Waals surface area contributed by atoms with Crippen molar-refractivity contribution in [2.75, 3.05) is 13.2 Å². The molecule has 1 aromatic rings. The summed E-state index contributed by atoms with van der Waals surface area (Å²) in [5.41, 5.74) is 2.68. The fourth-order valence-corrected chi connectivity index (χ4v) is 4.34. The van der Waals surface area contributed by atoms with Gasteiger partial charge < -0.3 is 4.90 Å². The molecule has 0 bridgehead atoms. The third-order valence-corrected chi connectivity index (χ3v) is 4.66. The standard InChI is InChI=1S/C16H27NSi/c1-7-14-11-9-10-12-15(14)16(8-2)17(3)13-18(4,5)6/h7,9-12,16H,1,8,13H2,2-6H3. The fourth-order valence-electron chi connectivity index (χ4n) is 2.63. The van der Waals surface area contributed by atoms with Crippen LogP contribution in [0.2, 0.25) is 19.6 Å². The second-order valence-corrected chi connectivity index (χ2v) is 11.7. The van der Waals surface area contributed by atoms with Crippen LogP contribution in [0.5, 0.6) is 0 Å². The van der Waals surface area contributed by atoms with Crippen LogP contribution in [0, 0.1) is 0 Å². The lowest BCUT2D eigenvalue weighted by atomic mass is 9.98. The van der Waals surface area contributed by atoms with E-state index in [-0.39, 0.29) is 0 Å². The van der Waals surface area contributed by atoms with E-state index in [4.69, 9.17) is 0 Å². The zero-order chi connectivity index (χ0) is 13.8. The second kappa shape index (κ2) is 6.35. The van der Waals surface area contributed by atoms with Crippen molar-refractivity contribution in [3.05, 3.63) is 42.0 Å². The van der Waals surface area contributed by atoms with Crippen molar-refractivity contribution in [1.82, 2.24) is 4.90 Å². The van der Waals surface area contributed by atoms with Crippen LogP contribution in [0.1, 0.15) is 30.5 Å². The molecule has 0 spiro atoms. The Balaban J connectivity index is 2.98. The Morgan fingerprint density at radius 1 is 1.28 bits per heavy atom. The molecule has 0 amide bonds. The van der Waals surface area contributed by atoms with Gasteiger partial charge in [-0.15, -0.1) is 0 Å². The van der Waals surface area contributed by atoms with Crippen LogP contribution in [0.4, 0.5) is 0 Å². The molecule has 2 heteroatoms. The fraction of sp³-hybridized carbons (Fsp3) is 0.500. The SMILES string of the molecule is C=Cc1ccccc1C(CC)N(C)C[Si](C)(C)C. The summed E-state index contributed by atoms with van der Waals surface area (Å²) in [6, 6.07) is 9.13. The average Bonchev–Trinajstić information content (AvgIpc) is 2.28. The minimum absolute atomic E-state index is 0.505. The van der Waals surface area contributed by atoms with Crippen molar-refractivity contribution in [3.63, 3.8) is 0 Å². The first-order valence-electron chi connectivity index (χ1n) is 6.80. The summed E-state index contributed by atoms with van der Waals surface area (Å²) in [6.07, 6.45) is 4.35. The molecule has 18 heavy (non-hydrogen) atoms. The van der Waals surface area contributed by atoms with Gasteiger partial charge in [0.15, 0.2) is 0 Å². The third-order valence-electron chi connectivity index (χ3n) is 3.22. The predicted molar refractivity (Wildman–Crippen MR) is 85.5 cm³/mol. The largest absolute Gasteiger partial charge is 0.302 e. The molecule has 0 radical (unpaired) electrons. The molecule has 0 saturated carbocycles. The van der Waals surface area contributed by atoms with Crippen molar-refractivity contribution in [2.45, 2.75) is 39.0 Å². The lowest BCUT2D eigenvalue weighted by Crippen LogP contribution is -2.40. The van der Waals surface area contributed by atoms with Gasteiger partial charge >= 0.3 is 0 Å². The van der Waals surface area contributed by atoms with Crippen LogP contribution in [0.25, 0.3) is 6.08 Å². The maximum atomic E-state index is 3.93. The first-order chi connectivity index (χ1) is 8.39. The van der Waals surface area contributed by atoms with Crippen molar-refractivity contribution in [3.8, 4) is 0 Å². The number of hydrogen-bond acceptors (Lipinski definition) is 1. The quantitative estimate of drug-likeness (QED) is 0.677. The smallest absolute Gasteiger partial charge is 0.0599 e. The van der Waals surface area contributed by atoms with Crippen LogP contribution in [-0.2, 0) is 0 Å². The van der Waals surface area contributed by atoms with E-state index in [2.05, 4.69) is 69.4 Å². The van der Waals surface area contributed by atoms with Gasteiger partial charge in [0.25, 0.3) is 0 Å². The molecule has 0 saturated heterocycles. The molecule has 0 aliphatic rings. The highest BCUT2D eigenvalue weighted by Gasteiger charge is 2.22. The van der Waals surface area contributed by atoms with Gasteiger partial charge in [-0.05, 0) is 30.8 Å². The Kier molecular flexibility index (Phi) is 5.36. The van der Waals surface area contributed by atoms with E-state index in [1.807, 2.05) is 6.08 Å². The summed E-state index contributed by atoms with van der Waals surface area (Å²) in [5.74, 6) is 0. The van der Waals surface area contributed by atoms with Gasteiger partial charge in [0.1, 0.15) is 0 Å². The molecule has 0 aliphatic heterocycles. The molecule has 1 atom stereocenters. The molecule has 1 nitrogen and oxygen atoms in total. The van der Waals surface area contributed by atoms with Crippen LogP contribution in [0.3, 0.4) is 0 Å². The van der Waals surface area contributed by atoms with E-state index in [0.29, 0.717) is 6.04 Å². The zero-order valence-corrected chi connectivity index (χ0v) is 13.5. The van der Waals surface area contributed by atoms with Gasteiger partial charge in [-0.3, -0.25) is 0 Å². The third kappa shape index (κ3) is 4.11. The minimum Gasteiger partial charge on any atom is -0.302 e. The first kappa shape index (κ1) is 15.2. The monoisotopic (exact) mass is 261 g/mol. The van der Waals surface area contributed by atoms with E-state index in [1.165, 1.54) is 17.3 Å². The van der Waals surface area contributed by atoms with E-state index >= 15 is 0 Å². The topological polar surface area (TPSA) is 3.24 Å².